The molecule has 2 amide bonds. The third-order valence-corrected chi connectivity index (χ3v) is 6.18. The molecule has 3 aromatic heterocycles. The van der Waals surface area contributed by atoms with Crippen molar-refractivity contribution in [2.45, 2.75) is 32.0 Å². The van der Waals surface area contributed by atoms with Crippen LogP contribution in [0, 0.1) is 0 Å². The van der Waals surface area contributed by atoms with Crippen LogP contribution in [0.1, 0.15) is 45.9 Å². The van der Waals surface area contributed by atoms with E-state index in [0.29, 0.717) is 28.5 Å². The Morgan fingerprint density at radius 3 is 2.67 bits per heavy atom. The van der Waals surface area contributed by atoms with Gasteiger partial charge >= 0.3 is 5.97 Å². The van der Waals surface area contributed by atoms with Crippen LogP contribution in [-0.4, -0.2) is 44.2 Å². The number of nitrogens with zero attached hydrogens (tertiary/aromatic N) is 3. The lowest BCUT2D eigenvalue weighted by Gasteiger charge is -2.34. The van der Waals surface area contributed by atoms with E-state index in [2.05, 4.69) is 20.3 Å². The normalized spacial score (nSPS) is 14.6. The number of ether oxygens (including phenoxy) is 1. The van der Waals surface area contributed by atoms with Gasteiger partial charge in [-0.1, -0.05) is 36.4 Å². The fourth-order valence-electron chi connectivity index (χ4n) is 4.43. The SMILES string of the molecule is O=C(CCCN1C(=O)c2cncc3[nH]cc(c23)C1C(=O)NCc1cccnc1)OCc1ccccc1. The maximum absolute atomic E-state index is 13.4. The Morgan fingerprint density at radius 2 is 1.86 bits per heavy atom. The molecule has 2 N–H and O–H groups in total. The van der Waals surface area contributed by atoms with Crippen molar-refractivity contribution in [2.24, 2.45) is 0 Å². The third-order valence-electron chi connectivity index (χ3n) is 6.18. The second-order valence-electron chi connectivity index (χ2n) is 8.58. The number of carbonyl (C=O) groups is 3. The van der Waals surface area contributed by atoms with Crippen LogP contribution in [0.2, 0.25) is 0 Å². The van der Waals surface area contributed by atoms with Gasteiger partial charge in [0.2, 0.25) is 5.91 Å². The third kappa shape index (κ3) is 4.81. The molecule has 0 saturated heterocycles. The van der Waals surface area contributed by atoms with Crippen molar-refractivity contribution in [3.05, 3.63) is 95.7 Å². The van der Waals surface area contributed by atoms with Gasteiger partial charge in [0.1, 0.15) is 12.6 Å². The summed E-state index contributed by atoms with van der Waals surface area (Å²) in [5.41, 5.74) is 3.60. The fourth-order valence-corrected chi connectivity index (χ4v) is 4.43. The molecule has 36 heavy (non-hydrogen) atoms. The van der Waals surface area contributed by atoms with E-state index in [1.807, 2.05) is 36.4 Å². The molecule has 0 saturated carbocycles. The monoisotopic (exact) mass is 483 g/mol. The van der Waals surface area contributed by atoms with Gasteiger partial charge in [-0.3, -0.25) is 24.4 Å². The summed E-state index contributed by atoms with van der Waals surface area (Å²) in [6.45, 7) is 0.696. The van der Waals surface area contributed by atoms with E-state index < -0.39 is 6.04 Å². The van der Waals surface area contributed by atoms with E-state index in [0.717, 1.165) is 11.1 Å². The molecule has 0 radical (unpaired) electrons. The van der Waals surface area contributed by atoms with Crippen LogP contribution < -0.4 is 5.32 Å². The van der Waals surface area contributed by atoms with E-state index in [9.17, 15) is 14.4 Å². The second-order valence-corrected chi connectivity index (χ2v) is 8.58. The molecular formula is C27H25N5O4. The average Bonchev–Trinajstić information content (AvgIpc) is 3.34. The van der Waals surface area contributed by atoms with Gasteiger partial charge in [-0.15, -0.1) is 0 Å². The summed E-state index contributed by atoms with van der Waals surface area (Å²) in [7, 11) is 0. The minimum atomic E-state index is -0.835. The highest BCUT2D eigenvalue weighted by atomic mass is 16.5. The maximum Gasteiger partial charge on any atom is 0.306 e. The topological polar surface area (TPSA) is 117 Å². The zero-order valence-corrected chi connectivity index (χ0v) is 19.5. The number of aromatic amines is 1. The highest BCUT2D eigenvalue weighted by Gasteiger charge is 2.39. The van der Waals surface area contributed by atoms with Crippen LogP contribution in [0.5, 0.6) is 0 Å². The number of H-pyrrole nitrogens is 1. The van der Waals surface area contributed by atoms with Crippen molar-refractivity contribution >= 4 is 28.7 Å². The number of amides is 2. The lowest BCUT2D eigenvalue weighted by Crippen LogP contribution is -2.46. The first-order chi connectivity index (χ1) is 17.6. The number of aromatic nitrogens is 3. The molecule has 4 aromatic rings. The minimum absolute atomic E-state index is 0.128. The van der Waals surface area contributed by atoms with E-state index in [-0.39, 0.29) is 43.9 Å². The maximum atomic E-state index is 13.4. The van der Waals surface area contributed by atoms with Gasteiger partial charge in [0.25, 0.3) is 5.91 Å². The van der Waals surface area contributed by atoms with E-state index in [1.54, 1.807) is 30.9 Å². The lowest BCUT2D eigenvalue weighted by molar-refractivity contribution is -0.145. The first-order valence-electron chi connectivity index (χ1n) is 11.7. The van der Waals surface area contributed by atoms with Crippen LogP contribution in [0.4, 0.5) is 0 Å². The number of rotatable bonds is 9. The Labute approximate surface area is 207 Å². The summed E-state index contributed by atoms with van der Waals surface area (Å²) in [6, 6.07) is 12.3. The molecule has 9 heteroatoms. The Balaban J connectivity index is 1.29. The smallest absolute Gasteiger partial charge is 0.306 e. The predicted octanol–water partition coefficient (Wildman–Crippen LogP) is 3.29. The molecule has 0 aliphatic carbocycles. The summed E-state index contributed by atoms with van der Waals surface area (Å²) in [4.78, 5) is 52.0. The zero-order chi connectivity index (χ0) is 24.9. The van der Waals surface area contributed by atoms with Gasteiger partial charge in [0, 0.05) is 55.2 Å². The number of esters is 1. The molecule has 1 aliphatic rings. The molecule has 1 unspecified atom stereocenters. The van der Waals surface area contributed by atoms with Crippen LogP contribution >= 0.6 is 0 Å². The molecule has 5 rings (SSSR count). The molecule has 182 valence electrons. The molecule has 9 nitrogen and oxygen atoms in total. The first kappa shape index (κ1) is 23.2. The zero-order valence-electron chi connectivity index (χ0n) is 19.5. The summed E-state index contributed by atoms with van der Waals surface area (Å²) in [5, 5.41) is 3.63. The Morgan fingerprint density at radius 1 is 1.03 bits per heavy atom. The summed E-state index contributed by atoms with van der Waals surface area (Å²) in [6.07, 6.45) is 8.74. The van der Waals surface area contributed by atoms with E-state index in [1.165, 1.54) is 11.1 Å². The van der Waals surface area contributed by atoms with Gasteiger partial charge < -0.3 is 19.9 Å². The molecular weight excluding hydrogens is 458 g/mol. The fraction of sp³-hybridized carbons (Fsp3) is 0.222. The first-order valence-corrected chi connectivity index (χ1v) is 11.7. The van der Waals surface area contributed by atoms with Gasteiger partial charge in [-0.25, -0.2) is 0 Å². The van der Waals surface area contributed by atoms with Crippen LogP contribution in [0.3, 0.4) is 0 Å². The van der Waals surface area contributed by atoms with Gasteiger partial charge in [-0.2, -0.15) is 0 Å². The van der Waals surface area contributed by atoms with Crippen molar-refractivity contribution in [1.29, 1.82) is 0 Å². The summed E-state index contributed by atoms with van der Waals surface area (Å²) in [5.74, 6) is -0.950. The van der Waals surface area contributed by atoms with E-state index in [4.69, 9.17) is 4.74 Å². The van der Waals surface area contributed by atoms with E-state index >= 15 is 0 Å². The Hall–Kier alpha value is -4.53. The van der Waals surface area contributed by atoms with Crippen molar-refractivity contribution in [3.63, 3.8) is 0 Å². The van der Waals surface area contributed by atoms with Crippen LogP contribution in [-0.2, 0) is 27.5 Å². The summed E-state index contributed by atoms with van der Waals surface area (Å²) < 4.78 is 5.35. The molecule has 0 bridgehead atoms. The molecule has 4 heterocycles. The molecule has 0 spiro atoms. The number of benzene rings is 1. The number of nitrogens with one attached hydrogen (secondary N) is 2. The minimum Gasteiger partial charge on any atom is -0.461 e. The number of carbonyl (C=O) groups excluding carboxylic acids is 3. The molecule has 1 aromatic carbocycles. The van der Waals surface area contributed by atoms with Gasteiger partial charge in [-0.05, 0) is 23.6 Å². The number of pyridine rings is 2. The molecule has 1 aliphatic heterocycles. The Kier molecular flexibility index (Phi) is 6.70. The van der Waals surface area contributed by atoms with Crippen LogP contribution in [0.15, 0.2) is 73.4 Å². The summed E-state index contributed by atoms with van der Waals surface area (Å²) >= 11 is 0. The molecule has 0 fully saturated rings. The highest BCUT2D eigenvalue weighted by Crippen LogP contribution is 2.37. The van der Waals surface area contributed by atoms with Crippen LogP contribution in [0.25, 0.3) is 10.9 Å². The number of hydrogen-bond acceptors (Lipinski definition) is 6. The van der Waals surface area contributed by atoms with Crippen molar-refractivity contribution < 1.29 is 19.1 Å². The van der Waals surface area contributed by atoms with Gasteiger partial charge in [0.15, 0.2) is 0 Å². The average molecular weight is 484 g/mol. The Bertz CT molecular complexity index is 1390. The van der Waals surface area contributed by atoms with Gasteiger partial charge in [0.05, 0.1) is 17.3 Å². The molecule has 1 atom stereocenters. The van der Waals surface area contributed by atoms with Crippen molar-refractivity contribution in [1.82, 2.24) is 25.2 Å². The van der Waals surface area contributed by atoms with Crippen molar-refractivity contribution in [3.8, 4) is 0 Å². The standard InChI is InChI=1S/C27H25N5O4/c33-23(36-17-18-6-2-1-3-7-18)9-5-11-32-25(26(34)31-13-19-8-4-10-28-12-19)20-15-30-22-16-29-14-21(24(20)22)27(32)35/h1-4,6-8,10,12,14-16,25,30H,5,9,11,13,17H2,(H,31,34). The van der Waals surface area contributed by atoms with Crippen molar-refractivity contribution in [2.75, 3.05) is 6.54 Å². The second kappa shape index (κ2) is 10.4. The number of hydrogen-bond donors (Lipinski definition) is 2. The predicted molar refractivity (Wildman–Crippen MR) is 131 cm³/mol. The quantitative estimate of drug-likeness (QED) is 0.353. The highest BCUT2D eigenvalue weighted by molar-refractivity contribution is 6.12. The lowest BCUT2D eigenvalue weighted by atomic mass is 9.94. The largest absolute Gasteiger partial charge is 0.461 e.